The standard InChI is InChI=1S/C17H13Cl2F3O2S/c1-23-11-2-4-12(5-3-11)25-13-6-7-15(24-9-8-16(18)19)14(10-13)17(20,21)22/h2-8,10H,9H2,1H3. The molecule has 2 rings (SSSR count). The second-order valence-corrected chi connectivity index (χ2v) is 6.89. The molecule has 0 amide bonds. The Bertz CT molecular complexity index is 743. The van der Waals surface area contributed by atoms with Crippen LogP contribution in [0.2, 0.25) is 0 Å². The monoisotopic (exact) mass is 408 g/mol. The summed E-state index contributed by atoms with van der Waals surface area (Å²) in [5, 5.41) is 0. The fourth-order valence-electron chi connectivity index (χ4n) is 1.89. The third-order valence-corrected chi connectivity index (χ3v) is 4.33. The number of benzene rings is 2. The first-order valence-electron chi connectivity index (χ1n) is 6.96. The maximum Gasteiger partial charge on any atom is 0.420 e. The quantitative estimate of drug-likeness (QED) is 0.538. The maximum atomic E-state index is 13.3. The van der Waals surface area contributed by atoms with Gasteiger partial charge >= 0.3 is 6.18 Å². The molecular weight excluding hydrogens is 396 g/mol. The van der Waals surface area contributed by atoms with E-state index in [1.54, 1.807) is 37.4 Å². The second-order valence-electron chi connectivity index (χ2n) is 4.74. The minimum Gasteiger partial charge on any atom is -0.497 e. The number of methoxy groups -OCH3 is 1. The molecule has 0 radical (unpaired) electrons. The second kappa shape index (κ2) is 8.74. The van der Waals surface area contributed by atoms with Crippen molar-refractivity contribution >= 4 is 35.0 Å². The Morgan fingerprint density at radius 3 is 2.28 bits per heavy atom. The summed E-state index contributed by atoms with van der Waals surface area (Å²) in [4.78, 5) is 1.23. The van der Waals surface area contributed by atoms with Gasteiger partial charge in [-0.15, -0.1) is 0 Å². The van der Waals surface area contributed by atoms with E-state index in [1.165, 1.54) is 23.9 Å². The lowest BCUT2D eigenvalue weighted by atomic mass is 10.2. The van der Waals surface area contributed by atoms with Crippen LogP contribution in [0.15, 0.2) is 62.8 Å². The molecule has 0 aromatic heterocycles. The van der Waals surface area contributed by atoms with Gasteiger partial charge in [-0.25, -0.2) is 0 Å². The summed E-state index contributed by atoms with van der Waals surface area (Å²) >= 11 is 12.1. The zero-order chi connectivity index (χ0) is 18.4. The van der Waals surface area contributed by atoms with Gasteiger partial charge in [0.05, 0.1) is 12.7 Å². The van der Waals surface area contributed by atoms with Crippen molar-refractivity contribution in [2.75, 3.05) is 13.7 Å². The van der Waals surface area contributed by atoms with Crippen LogP contribution in [0.4, 0.5) is 13.2 Å². The van der Waals surface area contributed by atoms with E-state index in [1.807, 2.05) is 0 Å². The molecule has 0 saturated carbocycles. The molecule has 134 valence electrons. The van der Waals surface area contributed by atoms with Crippen molar-refractivity contribution in [3.8, 4) is 11.5 Å². The Morgan fingerprint density at radius 2 is 1.72 bits per heavy atom. The van der Waals surface area contributed by atoms with Crippen LogP contribution in [0.5, 0.6) is 11.5 Å². The van der Waals surface area contributed by atoms with Crippen LogP contribution >= 0.6 is 35.0 Å². The highest BCUT2D eigenvalue weighted by atomic mass is 35.5. The first kappa shape index (κ1) is 19.8. The third kappa shape index (κ3) is 6.06. The van der Waals surface area contributed by atoms with Crippen molar-refractivity contribution in [2.45, 2.75) is 16.0 Å². The topological polar surface area (TPSA) is 18.5 Å². The molecule has 0 atom stereocenters. The van der Waals surface area contributed by atoms with Crippen LogP contribution in [-0.2, 0) is 6.18 Å². The number of alkyl halides is 3. The molecule has 2 aromatic carbocycles. The first-order valence-corrected chi connectivity index (χ1v) is 8.54. The van der Waals surface area contributed by atoms with Crippen molar-refractivity contribution in [1.82, 2.24) is 0 Å². The molecule has 2 nitrogen and oxygen atoms in total. The van der Waals surface area contributed by atoms with Gasteiger partial charge < -0.3 is 9.47 Å². The highest BCUT2D eigenvalue weighted by Gasteiger charge is 2.34. The zero-order valence-electron chi connectivity index (χ0n) is 12.9. The summed E-state index contributed by atoms with van der Waals surface area (Å²) in [6.07, 6.45) is -3.27. The van der Waals surface area contributed by atoms with Crippen molar-refractivity contribution in [3.05, 3.63) is 58.6 Å². The summed E-state index contributed by atoms with van der Waals surface area (Å²) in [5.74, 6) is 0.396. The summed E-state index contributed by atoms with van der Waals surface area (Å²) in [6, 6.07) is 10.9. The highest BCUT2D eigenvalue weighted by Crippen LogP contribution is 2.40. The molecule has 25 heavy (non-hydrogen) atoms. The van der Waals surface area contributed by atoms with Crippen LogP contribution in [-0.4, -0.2) is 13.7 Å². The van der Waals surface area contributed by atoms with E-state index in [-0.39, 0.29) is 16.8 Å². The van der Waals surface area contributed by atoms with E-state index in [0.29, 0.717) is 10.6 Å². The lowest BCUT2D eigenvalue weighted by Crippen LogP contribution is -2.09. The van der Waals surface area contributed by atoms with Gasteiger partial charge in [0, 0.05) is 9.79 Å². The first-order chi connectivity index (χ1) is 11.8. The molecule has 0 unspecified atom stereocenters. The summed E-state index contributed by atoms with van der Waals surface area (Å²) in [5.41, 5.74) is -0.856. The van der Waals surface area contributed by atoms with Gasteiger partial charge in [0.1, 0.15) is 22.6 Å². The van der Waals surface area contributed by atoms with Crippen LogP contribution in [0.3, 0.4) is 0 Å². The highest BCUT2D eigenvalue weighted by molar-refractivity contribution is 7.99. The summed E-state index contributed by atoms with van der Waals surface area (Å²) in [6.45, 7) is -0.156. The number of ether oxygens (including phenoxy) is 2. The lowest BCUT2D eigenvalue weighted by molar-refractivity contribution is -0.139. The summed E-state index contributed by atoms with van der Waals surface area (Å²) in [7, 11) is 1.54. The molecule has 0 bridgehead atoms. The number of halogens is 5. The average molecular weight is 409 g/mol. The lowest BCUT2D eigenvalue weighted by Gasteiger charge is -2.14. The van der Waals surface area contributed by atoms with Gasteiger partial charge in [-0.1, -0.05) is 35.0 Å². The van der Waals surface area contributed by atoms with Crippen molar-refractivity contribution in [1.29, 1.82) is 0 Å². The Morgan fingerprint density at radius 1 is 1.08 bits per heavy atom. The smallest absolute Gasteiger partial charge is 0.420 e. The molecule has 0 spiro atoms. The Labute approximate surface area is 157 Å². The van der Waals surface area contributed by atoms with Crippen LogP contribution in [0, 0.1) is 0 Å². The third-order valence-electron chi connectivity index (χ3n) is 3.03. The van der Waals surface area contributed by atoms with E-state index in [2.05, 4.69) is 0 Å². The molecule has 0 aliphatic carbocycles. The Hall–Kier alpha value is -1.50. The fourth-order valence-corrected chi connectivity index (χ4v) is 2.88. The van der Waals surface area contributed by atoms with E-state index in [0.717, 1.165) is 11.0 Å². The van der Waals surface area contributed by atoms with Crippen molar-refractivity contribution in [2.24, 2.45) is 0 Å². The maximum absolute atomic E-state index is 13.3. The van der Waals surface area contributed by atoms with Crippen LogP contribution in [0.1, 0.15) is 5.56 Å². The average Bonchev–Trinajstić information content (AvgIpc) is 2.55. The molecule has 0 saturated heterocycles. The molecular formula is C17H13Cl2F3O2S. The number of rotatable bonds is 6. The van der Waals surface area contributed by atoms with Crippen LogP contribution < -0.4 is 9.47 Å². The predicted octanol–water partition coefficient (Wildman–Crippen LogP) is 6.56. The molecule has 0 aliphatic rings. The molecule has 0 aliphatic heterocycles. The molecule has 8 heteroatoms. The van der Waals surface area contributed by atoms with Gasteiger partial charge in [0.15, 0.2) is 0 Å². The van der Waals surface area contributed by atoms with Crippen LogP contribution in [0.25, 0.3) is 0 Å². The fraction of sp³-hybridized carbons (Fsp3) is 0.176. The van der Waals surface area contributed by atoms with Gasteiger partial charge in [0.2, 0.25) is 0 Å². The van der Waals surface area contributed by atoms with E-state index >= 15 is 0 Å². The zero-order valence-corrected chi connectivity index (χ0v) is 15.3. The Balaban J connectivity index is 2.23. The largest absolute Gasteiger partial charge is 0.497 e. The van der Waals surface area contributed by atoms with Gasteiger partial charge in [0.25, 0.3) is 0 Å². The van der Waals surface area contributed by atoms with E-state index < -0.39 is 11.7 Å². The van der Waals surface area contributed by atoms with Gasteiger partial charge in [-0.3, -0.25) is 0 Å². The molecule has 0 N–H and O–H groups in total. The van der Waals surface area contributed by atoms with Gasteiger partial charge in [-0.05, 0) is 48.5 Å². The van der Waals surface area contributed by atoms with E-state index in [9.17, 15) is 13.2 Å². The van der Waals surface area contributed by atoms with E-state index in [4.69, 9.17) is 32.7 Å². The minimum absolute atomic E-state index is 0.0692. The SMILES string of the molecule is COc1ccc(Sc2ccc(OCC=C(Cl)Cl)c(C(F)(F)F)c2)cc1. The van der Waals surface area contributed by atoms with Gasteiger partial charge in [-0.2, -0.15) is 13.2 Å². The normalized spacial score (nSPS) is 11.1. The number of hydrogen-bond acceptors (Lipinski definition) is 3. The summed E-state index contributed by atoms with van der Waals surface area (Å²) < 4.78 is 49.9. The van der Waals surface area contributed by atoms with Crippen molar-refractivity contribution < 1.29 is 22.6 Å². The number of hydrogen-bond donors (Lipinski definition) is 0. The molecule has 2 aromatic rings. The predicted molar refractivity (Wildman–Crippen MR) is 93.8 cm³/mol. The van der Waals surface area contributed by atoms with Crippen molar-refractivity contribution in [3.63, 3.8) is 0 Å². The minimum atomic E-state index is -4.54. The Kier molecular flexibility index (Phi) is 6.93. The molecule has 0 fully saturated rings. The molecule has 0 heterocycles.